The Labute approximate surface area is 352 Å². The van der Waals surface area contributed by atoms with Crippen LogP contribution in [0.3, 0.4) is 0 Å². The van der Waals surface area contributed by atoms with Gasteiger partial charge >= 0.3 is 6.03 Å². The van der Waals surface area contributed by atoms with Crippen LogP contribution in [0.2, 0.25) is 0 Å². The number of piperazine rings is 1. The number of methoxy groups -OCH3 is 2. The Morgan fingerprint density at radius 2 is 1.39 bits per heavy atom. The maximum Gasteiger partial charge on any atom is 0.327 e. The molecule has 2 fully saturated rings. The number of halogens is 2. The number of benzene rings is 3. The molecule has 5 aromatic rings. The molecule has 3 amide bonds. The fourth-order valence-electron chi connectivity index (χ4n) is 7.73. The number of urea groups is 1. The highest BCUT2D eigenvalue weighted by Crippen LogP contribution is 2.36. The molecule has 0 unspecified atom stereocenters. The molecule has 318 valence electrons. The number of fused-ring (bicyclic) bond motifs is 1. The number of hydrogen-bond donors (Lipinski definition) is 1. The number of anilines is 4. The largest absolute Gasteiger partial charge is 0.497 e. The molecule has 0 radical (unpaired) electrons. The van der Waals surface area contributed by atoms with Gasteiger partial charge in [0.1, 0.15) is 23.0 Å². The molecule has 3 aliphatic heterocycles. The first-order chi connectivity index (χ1) is 29.7. The van der Waals surface area contributed by atoms with Crippen LogP contribution in [0.4, 0.5) is 37.0 Å². The lowest BCUT2D eigenvalue weighted by atomic mass is 10.1. The third-order valence-corrected chi connectivity index (χ3v) is 11.2. The highest BCUT2D eigenvalue weighted by Gasteiger charge is 2.33. The molecule has 0 bridgehead atoms. The molecule has 5 heterocycles. The molecule has 2 aromatic heterocycles. The van der Waals surface area contributed by atoms with Gasteiger partial charge in [-0.15, -0.1) is 0 Å². The third-order valence-electron chi connectivity index (χ3n) is 11.2. The van der Waals surface area contributed by atoms with Gasteiger partial charge in [0.05, 0.1) is 33.1 Å². The third kappa shape index (κ3) is 9.17. The average Bonchev–Trinajstić information content (AvgIpc) is 3.74. The van der Waals surface area contributed by atoms with Gasteiger partial charge in [0.25, 0.3) is 5.91 Å². The van der Waals surface area contributed by atoms with Crippen LogP contribution in [0, 0.1) is 11.6 Å². The standard InChI is InChI=1S/C44H48F2N10O5/c1-4-52-15-17-53(18-16-52)41(57)31-23-36(45)39(37(46)24-31)50-44(58)56-14-13-35-38(49-43(51-40(35)56)54-19-21-61-22-20-54)32-25-47-42(48-26-32)55(27-29-5-9-33(59-2)10-6-29)28-30-7-11-34(60-3)12-8-30/h5-12,23-26H,4,13-22,27-28H2,1-3H3,(H,50,58). The highest BCUT2D eigenvalue weighted by atomic mass is 19.1. The molecular weight excluding hydrogens is 787 g/mol. The minimum absolute atomic E-state index is 0.116. The second-order valence-electron chi connectivity index (χ2n) is 15.0. The Bertz CT molecular complexity index is 2270. The minimum Gasteiger partial charge on any atom is -0.497 e. The van der Waals surface area contributed by atoms with E-state index in [0.717, 1.165) is 41.3 Å². The van der Waals surface area contributed by atoms with Gasteiger partial charge in [-0.1, -0.05) is 31.2 Å². The summed E-state index contributed by atoms with van der Waals surface area (Å²) in [6.07, 6.45) is 3.79. The van der Waals surface area contributed by atoms with E-state index < -0.39 is 29.3 Å². The molecule has 61 heavy (non-hydrogen) atoms. The lowest BCUT2D eigenvalue weighted by Gasteiger charge is -2.34. The quantitative estimate of drug-likeness (QED) is 0.166. The van der Waals surface area contributed by atoms with Crippen molar-refractivity contribution in [1.29, 1.82) is 0 Å². The van der Waals surface area contributed by atoms with Gasteiger partial charge in [0.15, 0.2) is 11.6 Å². The van der Waals surface area contributed by atoms with Crippen LogP contribution in [-0.2, 0) is 24.2 Å². The lowest BCUT2D eigenvalue weighted by molar-refractivity contribution is 0.0642. The van der Waals surface area contributed by atoms with Crippen molar-refractivity contribution in [3.63, 3.8) is 0 Å². The first kappa shape index (κ1) is 41.3. The van der Waals surface area contributed by atoms with Gasteiger partial charge in [0.2, 0.25) is 11.9 Å². The van der Waals surface area contributed by atoms with Crippen LogP contribution in [0.1, 0.15) is 34.0 Å². The number of nitrogens with one attached hydrogen (secondary N) is 1. The molecule has 0 spiro atoms. The van der Waals surface area contributed by atoms with Crippen molar-refractivity contribution >= 4 is 35.3 Å². The van der Waals surface area contributed by atoms with E-state index in [9.17, 15) is 9.59 Å². The number of hydrogen-bond acceptors (Lipinski definition) is 12. The van der Waals surface area contributed by atoms with Crippen LogP contribution in [0.15, 0.2) is 73.1 Å². The number of nitrogens with zero attached hydrogens (tertiary/aromatic N) is 9. The molecule has 0 aliphatic carbocycles. The normalized spacial score (nSPS) is 15.4. The number of carbonyl (C=O) groups excluding carboxylic acids is 2. The fraction of sp³-hybridized carbons (Fsp3) is 0.364. The van der Waals surface area contributed by atoms with Crippen molar-refractivity contribution in [2.45, 2.75) is 26.4 Å². The van der Waals surface area contributed by atoms with E-state index in [0.29, 0.717) is 107 Å². The van der Waals surface area contributed by atoms with Crippen molar-refractivity contribution in [1.82, 2.24) is 29.7 Å². The molecule has 8 rings (SSSR count). The summed E-state index contributed by atoms with van der Waals surface area (Å²) in [5.74, 6) is 0.138. The summed E-state index contributed by atoms with van der Waals surface area (Å²) in [6.45, 7) is 8.41. The molecule has 2 saturated heterocycles. The van der Waals surface area contributed by atoms with Gasteiger partial charge in [-0.3, -0.25) is 9.69 Å². The molecule has 17 heteroatoms. The van der Waals surface area contributed by atoms with E-state index in [2.05, 4.69) is 15.1 Å². The Kier molecular flexibility index (Phi) is 12.5. The summed E-state index contributed by atoms with van der Waals surface area (Å²) < 4.78 is 47.4. The van der Waals surface area contributed by atoms with Crippen LogP contribution in [0.25, 0.3) is 11.3 Å². The number of carbonyl (C=O) groups is 2. The molecule has 3 aromatic carbocycles. The van der Waals surface area contributed by atoms with Crippen molar-refractivity contribution < 1.29 is 32.6 Å². The molecule has 1 N–H and O–H groups in total. The van der Waals surface area contributed by atoms with E-state index in [1.165, 1.54) is 4.90 Å². The van der Waals surface area contributed by atoms with Crippen LogP contribution < -0.4 is 29.5 Å². The number of morpholine rings is 1. The van der Waals surface area contributed by atoms with Crippen LogP contribution in [-0.4, -0.2) is 121 Å². The summed E-state index contributed by atoms with van der Waals surface area (Å²) in [4.78, 5) is 55.7. The van der Waals surface area contributed by atoms with Crippen molar-refractivity contribution in [2.24, 2.45) is 0 Å². The second kappa shape index (κ2) is 18.4. The monoisotopic (exact) mass is 834 g/mol. The number of amides is 3. The number of likely N-dealkylation sites (N-methyl/N-ethyl adjacent to an activating group) is 1. The average molecular weight is 835 g/mol. The van der Waals surface area contributed by atoms with E-state index in [4.69, 9.17) is 34.1 Å². The van der Waals surface area contributed by atoms with Gasteiger partial charge in [-0.2, -0.15) is 4.98 Å². The zero-order chi connectivity index (χ0) is 42.5. The van der Waals surface area contributed by atoms with E-state index in [-0.39, 0.29) is 12.1 Å². The Morgan fingerprint density at radius 3 is 1.95 bits per heavy atom. The highest BCUT2D eigenvalue weighted by molar-refractivity contribution is 6.04. The van der Waals surface area contributed by atoms with E-state index in [1.807, 2.05) is 60.4 Å². The van der Waals surface area contributed by atoms with Crippen molar-refractivity contribution in [2.75, 3.05) is 99.8 Å². The van der Waals surface area contributed by atoms with Gasteiger partial charge in [-0.25, -0.2) is 28.5 Å². The fourth-order valence-corrected chi connectivity index (χ4v) is 7.73. The second-order valence-corrected chi connectivity index (χ2v) is 15.0. The Balaban J connectivity index is 1.06. The summed E-state index contributed by atoms with van der Waals surface area (Å²) in [5, 5.41) is 2.42. The topological polar surface area (TPSA) is 142 Å². The lowest BCUT2D eigenvalue weighted by Crippen LogP contribution is -2.48. The molecule has 3 aliphatic rings. The summed E-state index contributed by atoms with van der Waals surface area (Å²) in [5.41, 5.74) is 3.14. The first-order valence-electron chi connectivity index (χ1n) is 20.4. The smallest absolute Gasteiger partial charge is 0.327 e. The van der Waals surface area contributed by atoms with Crippen molar-refractivity contribution in [3.05, 3.63) is 107 Å². The predicted octanol–water partition coefficient (Wildman–Crippen LogP) is 5.64. The Morgan fingerprint density at radius 1 is 0.803 bits per heavy atom. The van der Waals surface area contributed by atoms with Crippen molar-refractivity contribution in [3.8, 4) is 22.8 Å². The Hall–Kier alpha value is -6.46. The maximum atomic E-state index is 15.6. The van der Waals surface area contributed by atoms with Crippen LogP contribution in [0.5, 0.6) is 11.5 Å². The number of rotatable bonds is 12. The summed E-state index contributed by atoms with van der Waals surface area (Å²) in [7, 11) is 3.26. The zero-order valence-corrected chi connectivity index (χ0v) is 34.4. The molecule has 15 nitrogen and oxygen atoms in total. The van der Waals surface area contributed by atoms with Gasteiger partial charge < -0.3 is 39.1 Å². The molecule has 0 atom stereocenters. The van der Waals surface area contributed by atoms with E-state index >= 15 is 8.78 Å². The zero-order valence-electron chi connectivity index (χ0n) is 34.4. The predicted molar refractivity (Wildman–Crippen MR) is 226 cm³/mol. The minimum atomic E-state index is -1.05. The van der Waals surface area contributed by atoms with E-state index in [1.54, 1.807) is 31.5 Å². The number of ether oxygens (including phenoxy) is 3. The number of aromatic nitrogens is 4. The maximum absolute atomic E-state index is 15.6. The SMILES string of the molecule is CCN1CCN(C(=O)c2cc(F)c(NC(=O)N3CCc4c(-c5cnc(N(Cc6ccc(OC)cc6)Cc6ccc(OC)cc6)nc5)nc(N5CCOCC5)nc43)c(F)c2)CC1. The molecular formula is C44H48F2N10O5. The van der Waals surface area contributed by atoms with Crippen LogP contribution >= 0.6 is 0 Å². The summed E-state index contributed by atoms with van der Waals surface area (Å²) >= 11 is 0. The van der Waals surface area contributed by atoms with Gasteiger partial charge in [-0.05, 0) is 60.5 Å². The van der Waals surface area contributed by atoms with Gasteiger partial charge in [0, 0.05) is 88.0 Å². The molecule has 0 saturated carbocycles. The summed E-state index contributed by atoms with van der Waals surface area (Å²) in [6, 6.07) is 16.8. The first-order valence-corrected chi connectivity index (χ1v) is 20.4.